The molecule has 1 aliphatic rings. The van der Waals surface area contributed by atoms with Gasteiger partial charge in [-0.25, -0.2) is 0 Å². The monoisotopic (exact) mass is 273 g/mol. The lowest BCUT2D eigenvalue weighted by atomic mass is 10.1. The Labute approximate surface area is 112 Å². The van der Waals surface area contributed by atoms with Gasteiger partial charge in [0.25, 0.3) is 0 Å². The Kier molecular flexibility index (Phi) is 4.27. The van der Waals surface area contributed by atoms with Gasteiger partial charge in [0, 0.05) is 26.2 Å². The molecule has 5 nitrogen and oxygen atoms in total. The largest absolute Gasteiger partial charge is 0.384 e. The number of rotatable bonds is 3. The number of nitrogens with zero attached hydrogens (tertiary/aromatic N) is 3. The number of hydrogen-bond acceptors (Lipinski definition) is 4. The lowest BCUT2D eigenvalue weighted by molar-refractivity contribution is -0.0981. The molecule has 0 radical (unpaired) electrons. The van der Waals surface area contributed by atoms with Crippen LogP contribution in [-0.4, -0.2) is 51.6 Å². The topological polar surface area (TPSA) is 50.5 Å². The van der Waals surface area contributed by atoms with Crippen LogP contribution in [-0.2, 0) is 11.8 Å². The second kappa shape index (κ2) is 5.57. The molecule has 18 heavy (non-hydrogen) atoms. The van der Waals surface area contributed by atoms with Gasteiger partial charge in [0.05, 0.1) is 23.5 Å². The molecule has 1 aromatic heterocycles. The summed E-state index contributed by atoms with van der Waals surface area (Å²) < 4.78 is 7.26. The van der Waals surface area contributed by atoms with E-state index in [9.17, 15) is 5.11 Å². The number of aromatic nitrogens is 2. The highest BCUT2D eigenvalue weighted by Crippen LogP contribution is 2.28. The van der Waals surface area contributed by atoms with Crippen molar-refractivity contribution < 1.29 is 9.84 Å². The van der Waals surface area contributed by atoms with E-state index in [0.29, 0.717) is 29.9 Å². The van der Waals surface area contributed by atoms with Crippen LogP contribution in [0.1, 0.15) is 25.6 Å². The zero-order valence-electron chi connectivity index (χ0n) is 11.0. The van der Waals surface area contributed by atoms with Crippen molar-refractivity contribution in [2.24, 2.45) is 7.05 Å². The van der Waals surface area contributed by atoms with Crippen LogP contribution < -0.4 is 0 Å². The Bertz CT molecular complexity index is 389. The molecule has 0 saturated carbocycles. The maximum absolute atomic E-state index is 10.4. The second-order valence-corrected chi connectivity index (χ2v) is 5.35. The van der Waals surface area contributed by atoms with Crippen molar-refractivity contribution >= 4 is 11.6 Å². The summed E-state index contributed by atoms with van der Waals surface area (Å²) in [4.78, 5) is 2.29. The van der Waals surface area contributed by atoms with Gasteiger partial charge in [-0.2, -0.15) is 5.10 Å². The van der Waals surface area contributed by atoms with Crippen LogP contribution in [0.15, 0.2) is 6.20 Å². The summed E-state index contributed by atoms with van der Waals surface area (Å²) in [6.45, 7) is 6.54. The molecule has 2 heterocycles. The van der Waals surface area contributed by atoms with Crippen molar-refractivity contribution in [3.63, 3.8) is 0 Å². The van der Waals surface area contributed by atoms with E-state index in [1.807, 2.05) is 0 Å². The zero-order valence-corrected chi connectivity index (χ0v) is 11.8. The van der Waals surface area contributed by atoms with Crippen LogP contribution in [0.4, 0.5) is 0 Å². The highest BCUT2D eigenvalue weighted by atomic mass is 35.5. The van der Waals surface area contributed by atoms with Gasteiger partial charge in [0.2, 0.25) is 0 Å². The molecule has 0 aliphatic carbocycles. The van der Waals surface area contributed by atoms with Crippen LogP contribution in [0, 0.1) is 0 Å². The van der Waals surface area contributed by atoms with Crippen LogP contribution in [0.2, 0.25) is 5.02 Å². The van der Waals surface area contributed by atoms with Crippen molar-refractivity contribution in [3.8, 4) is 0 Å². The molecule has 2 rings (SSSR count). The molecule has 1 N–H and O–H groups in total. The Hall–Kier alpha value is -0.620. The number of aryl methyl sites for hydroxylation is 1. The molecule has 102 valence electrons. The summed E-state index contributed by atoms with van der Waals surface area (Å²) in [6.07, 6.45) is 0.545. The lowest BCUT2D eigenvalue weighted by Gasteiger charge is -2.37. The van der Waals surface area contributed by atoms with Gasteiger partial charge in [-0.05, 0) is 13.8 Å². The van der Waals surface area contributed by atoms with Crippen molar-refractivity contribution in [1.29, 1.82) is 0 Å². The third kappa shape index (κ3) is 2.69. The molecule has 0 bridgehead atoms. The lowest BCUT2D eigenvalue weighted by Crippen LogP contribution is -2.48. The summed E-state index contributed by atoms with van der Waals surface area (Å²) in [5.74, 6) is 0. The summed E-state index contributed by atoms with van der Waals surface area (Å²) in [5.41, 5.74) is 0.618. The van der Waals surface area contributed by atoms with E-state index in [0.717, 1.165) is 6.54 Å². The number of halogens is 1. The molecule has 1 aliphatic heterocycles. The number of aliphatic hydroxyl groups excluding tert-OH is 1. The minimum Gasteiger partial charge on any atom is -0.384 e. The first kappa shape index (κ1) is 13.8. The number of ether oxygens (including phenoxy) is 1. The van der Waals surface area contributed by atoms with Gasteiger partial charge < -0.3 is 9.84 Å². The number of hydrogen-bond donors (Lipinski definition) is 1. The average molecular weight is 274 g/mol. The number of aliphatic hydroxyl groups is 1. The van der Waals surface area contributed by atoms with Gasteiger partial charge in [-0.1, -0.05) is 11.6 Å². The van der Waals surface area contributed by atoms with Crippen LogP contribution in [0.25, 0.3) is 0 Å². The number of morpholine rings is 1. The molecule has 6 heteroatoms. The first-order valence-corrected chi connectivity index (χ1v) is 6.59. The zero-order chi connectivity index (χ0) is 13.3. The van der Waals surface area contributed by atoms with E-state index < -0.39 is 6.10 Å². The summed E-state index contributed by atoms with van der Waals surface area (Å²) >= 11 is 6.05. The van der Waals surface area contributed by atoms with E-state index in [1.165, 1.54) is 0 Å². The molecule has 2 atom stereocenters. The van der Waals surface area contributed by atoms with Gasteiger partial charge in [0.15, 0.2) is 0 Å². The summed E-state index contributed by atoms with van der Waals surface area (Å²) in [6, 6.07) is 0.450. The molecule has 0 amide bonds. The highest BCUT2D eigenvalue weighted by Gasteiger charge is 2.31. The highest BCUT2D eigenvalue weighted by molar-refractivity contribution is 6.31. The smallest absolute Gasteiger partial charge is 0.124 e. The minimum absolute atomic E-state index is 0.256. The third-order valence-electron chi connectivity index (χ3n) is 3.43. The molecule has 1 saturated heterocycles. The summed E-state index contributed by atoms with van der Waals surface area (Å²) in [7, 11) is 1.77. The summed E-state index contributed by atoms with van der Waals surface area (Å²) in [5, 5.41) is 14.9. The minimum atomic E-state index is -0.744. The average Bonchev–Trinajstić information content (AvgIpc) is 2.68. The SMILES string of the molecule is CC(C)N1CCOC(C(O)c2c(Cl)cnn2C)C1. The van der Waals surface area contributed by atoms with E-state index in [-0.39, 0.29) is 6.10 Å². The van der Waals surface area contributed by atoms with Crippen molar-refractivity contribution in [2.75, 3.05) is 19.7 Å². The quantitative estimate of drug-likeness (QED) is 0.900. The molecule has 1 fully saturated rings. The van der Waals surface area contributed by atoms with Crippen LogP contribution >= 0.6 is 11.6 Å². The fourth-order valence-corrected chi connectivity index (χ4v) is 2.56. The van der Waals surface area contributed by atoms with Crippen LogP contribution in [0.3, 0.4) is 0 Å². The van der Waals surface area contributed by atoms with Gasteiger partial charge >= 0.3 is 0 Å². The van der Waals surface area contributed by atoms with Gasteiger partial charge in [-0.15, -0.1) is 0 Å². The molecule has 2 unspecified atom stereocenters. The second-order valence-electron chi connectivity index (χ2n) is 4.94. The van der Waals surface area contributed by atoms with Crippen LogP contribution in [0.5, 0.6) is 0 Å². The maximum Gasteiger partial charge on any atom is 0.124 e. The Balaban J connectivity index is 2.11. The molecule has 1 aromatic rings. The molecular weight excluding hydrogens is 254 g/mol. The van der Waals surface area contributed by atoms with E-state index in [2.05, 4.69) is 23.8 Å². The molecule has 0 spiro atoms. The van der Waals surface area contributed by atoms with E-state index in [1.54, 1.807) is 17.9 Å². The fraction of sp³-hybridized carbons (Fsp3) is 0.750. The van der Waals surface area contributed by atoms with E-state index in [4.69, 9.17) is 16.3 Å². The Morgan fingerprint density at radius 1 is 1.56 bits per heavy atom. The predicted octanol–water partition coefficient (Wildman–Crippen LogP) is 1.22. The standard InChI is InChI=1S/C12H20ClN3O2/c1-8(2)16-4-5-18-10(7-16)12(17)11-9(13)6-14-15(11)3/h6,8,10,12,17H,4-5,7H2,1-3H3. The fourth-order valence-electron chi connectivity index (χ4n) is 2.29. The third-order valence-corrected chi connectivity index (χ3v) is 3.72. The van der Waals surface area contributed by atoms with E-state index >= 15 is 0 Å². The normalized spacial score (nSPS) is 23.6. The van der Waals surface area contributed by atoms with Crippen molar-refractivity contribution in [2.45, 2.75) is 32.1 Å². The first-order valence-electron chi connectivity index (χ1n) is 6.21. The molecule has 0 aromatic carbocycles. The van der Waals surface area contributed by atoms with Gasteiger partial charge in [0.1, 0.15) is 12.2 Å². The Morgan fingerprint density at radius 3 is 2.83 bits per heavy atom. The Morgan fingerprint density at radius 2 is 2.28 bits per heavy atom. The predicted molar refractivity (Wildman–Crippen MR) is 69.6 cm³/mol. The van der Waals surface area contributed by atoms with Gasteiger partial charge in [-0.3, -0.25) is 9.58 Å². The van der Waals surface area contributed by atoms with Crippen molar-refractivity contribution in [1.82, 2.24) is 14.7 Å². The maximum atomic E-state index is 10.4. The van der Waals surface area contributed by atoms with Crippen molar-refractivity contribution in [3.05, 3.63) is 16.9 Å². The first-order chi connectivity index (χ1) is 8.50. The molecular formula is C12H20ClN3O2.